The van der Waals surface area contributed by atoms with Gasteiger partial charge >= 0.3 is 24.0 Å². The summed E-state index contributed by atoms with van der Waals surface area (Å²) < 4.78 is 53.4. The van der Waals surface area contributed by atoms with Gasteiger partial charge in [0, 0.05) is 5.56 Å². The van der Waals surface area contributed by atoms with Crippen LogP contribution in [0.4, 0.5) is 13.2 Å². The molecule has 0 fully saturated rings. The Bertz CT molecular complexity index is 554. The van der Waals surface area contributed by atoms with E-state index in [0.29, 0.717) is 13.4 Å². The predicted octanol–water partition coefficient (Wildman–Crippen LogP) is 0.889. The summed E-state index contributed by atoms with van der Waals surface area (Å²) in [6.45, 7) is 1.13. The van der Waals surface area contributed by atoms with E-state index in [1.54, 1.807) is 0 Å². The zero-order valence-electron chi connectivity index (χ0n) is 11.5. The maximum Gasteiger partial charge on any atom is 0.426 e. The average Bonchev–Trinajstić information content (AvgIpc) is 2.96. The zero-order chi connectivity index (χ0) is 17.0. The molecule has 1 atom stereocenters. The summed E-state index contributed by atoms with van der Waals surface area (Å²) in [4.78, 5) is 34.6. The fourth-order valence-electron chi connectivity index (χ4n) is 1.64. The molecule has 1 amide bonds. The van der Waals surface area contributed by atoms with Crippen molar-refractivity contribution in [2.75, 3.05) is 13.7 Å². The molecule has 0 radical (unpaired) electrons. The van der Waals surface area contributed by atoms with Gasteiger partial charge in [-0.05, 0) is 13.0 Å². The lowest BCUT2D eigenvalue weighted by molar-refractivity contribution is -0.216. The lowest BCUT2D eigenvalue weighted by atomic mass is 9.91. The monoisotopic (exact) mass is 323 g/mol. The summed E-state index contributed by atoms with van der Waals surface area (Å²) in [6.07, 6.45) is -3.82. The molecule has 10 heteroatoms. The standard InChI is InChI=1S/C12H12F3NO6/c1-3-22-9(18)8(17)16-11(10(19)20-2,12(13,14)15)7-4-5-21-6-7/h4-6H,3H2,1-2H3,(H,16,17). The molecule has 0 aliphatic heterocycles. The van der Waals surface area contributed by atoms with Gasteiger partial charge in [-0.3, -0.25) is 4.79 Å². The minimum Gasteiger partial charge on any atom is -0.472 e. The Balaban J connectivity index is 3.36. The Morgan fingerprint density at radius 2 is 1.95 bits per heavy atom. The fraction of sp³-hybridized carbons (Fsp3) is 0.417. The number of rotatable bonds is 4. The molecule has 7 nitrogen and oxygen atoms in total. The lowest BCUT2D eigenvalue weighted by Crippen LogP contribution is -2.62. The first-order valence-electron chi connectivity index (χ1n) is 5.87. The van der Waals surface area contributed by atoms with Gasteiger partial charge in [0.25, 0.3) is 5.54 Å². The van der Waals surface area contributed by atoms with Crippen LogP contribution in [0.25, 0.3) is 0 Å². The highest BCUT2D eigenvalue weighted by Crippen LogP contribution is 2.40. The van der Waals surface area contributed by atoms with E-state index >= 15 is 0 Å². The quantitative estimate of drug-likeness (QED) is 0.653. The summed E-state index contributed by atoms with van der Waals surface area (Å²) in [5, 5.41) is 1.34. The minimum atomic E-state index is -5.30. The van der Waals surface area contributed by atoms with E-state index in [9.17, 15) is 27.6 Å². The van der Waals surface area contributed by atoms with Crippen molar-refractivity contribution in [3.63, 3.8) is 0 Å². The topological polar surface area (TPSA) is 94.8 Å². The highest BCUT2D eigenvalue weighted by atomic mass is 19.4. The van der Waals surface area contributed by atoms with Gasteiger partial charge in [-0.2, -0.15) is 13.2 Å². The van der Waals surface area contributed by atoms with Crippen molar-refractivity contribution in [3.8, 4) is 0 Å². The van der Waals surface area contributed by atoms with Crippen LogP contribution < -0.4 is 5.32 Å². The largest absolute Gasteiger partial charge is 0.472 e. The van der Waals surface area contributed by atoms with Gasteiger partial charge in [-0.25, -0.2) is 9.59 Å². The molecule has 0 saturated carbocycles. The second-order valence-electron chi connectivity index (χ2n) is 3.93. The van der Waals surface area contributed by atoms with Crippen LogP contribution in [0.1, 0.15) is 12.5 Å². The number of ether oxygens (including phenoxy) is 2. The van der Waals surface area contributed by atoms with Gasteiger partial charge in [-0.1, -0.05) is 0 Å². The number of carbonyl (C=O) groups excluding carboxylic acids is 3. The Morgan fingerprint density at radius 1 is 1.32 bits per heavy atom. The Kier molecular flexibility index (Phi) is 5.18. The van der Waals surface area contributed by atoms with Crippen molar-refractivity contribution in [2.24, 2.45) is 0 Å². The van der Waals surface area contributed by atoms with Crippen LogP contribution >= 0.6 is 0 Å². The second kappa shape index (κ2) is 6.50. The smallest absolute Gasteiger partial charge is 0.426 e. The molecule has 0 bridgehead atoms. The van der Waals surface area contributed by atoms with Crippen LogP contribution in [0.15, 0.2) is 23.0 Å². The predicted molar refractivity (Wildman–Crippen MR) is 63.2 cm³/mol. The highest BCUT2D eigenvalue weighted by molar-refractivity contribution is 6.33. The maximum absolute atomic E-state index is 13.5. The number of hydrogen-bond acceptors (Lipinski definition) is 6. The first kappa shape index (κ1) is 17.5. The van der Waals surface area contributed by atoms with Gasteiger partial charge < -0.3 is 19.2 Å². The third kappa shape index (κ3) is 3.05. The maximum atomic E-state index is 13.5. The Morgan fingerprint density at radius 3 is 2.36 bits per heavy atom. The molecule has 0 spiro atoms. The molecule has 1 aromatic rings. The molecule has 1 N–H and O–H groups in total. The van der Waals surface area contributed by atoms with E-state index in [2.05, 4.69) is 13.9 Å². The van der Waals surface area contributed by atoms with Crippen molar-refractivity contribution >= 4 is 17.8 Å². The number of carbonyl (C=O) groups is 3. The fourth-order valence-corrected chi connectivity index (χ4v) is 1.64. The molecule has 22 heavy (non-hydrogen) atoms. The molecule has 1 rings (SSSR count). The van der Waals surface area contributed by atoms with Crippen LogP contribution in [-0.4, -0.2) is 37.7 Å². The van der Waals surface area contributed by atoms with Crippen LogP contribution in [0, 0.1) is 0 Å². The molecule has 1 heterocycles. The van der Waals surface area contributed by atoms with Gasteiger partial charge in [0.2, 0.25) is 0 Å². The third-order valence-electron chi connectivity index (χ3n) is 2.63. The van der Waals surface area contributed by atoms with Gasteiger partial charge in [0.1, 0.15) is 0 Å². The molecule has 1 aromatic heterocycles. The number of nitrogens with one attached hydrogen (secondary N) is 1. The van der Waals surface area contributed by atoms with Crippen LogP contribution in [0.2, 0.25) is 0 Å². The van der Waals surface area contributed by atoms with Crippen molar-refractivity contribution in [1.29, 1.82) is 0 Å². The van der Waals surface area contributed by atoms with Gasteiger partial charge in [-0.15, -0.1) is 0 Å². The second-order valence-corrected chi connectivity index (χ2v) is 3.93. The van der Waals surface area contributed by atoms with Crippen LogP contribution in [0.3, 0.4) is 0 Å². The number of amides is 1. The molecular weight excluding hydrogens is 311 g/mol. The SMILES string of the molecule is CCOC(=O)C(=O)NC(C(=O)OC)(c1ccoc1)C(F)(F)F. The molecule has 122 valence electrons. The summed E-state index contributed by atoms with van der Waals surface area (Å²) in [7, 11) is 0.708. The van der Waals surface area contributed by atoms with E-state index in [4.69, 9.17) is 0 Å². The van der Waals surface area contributed by atoms with Gasteiger partial charge in [0.15, 0.2) is 0 Å². The Labute approximate surface area is 122 Å². The number of esters is 2. The van der Waals surface area contributed by atoms with Crippen LogP contribution in [0.5, 0.6) is 0 Å². The third-order valence-corrected chi connectivity index (χ3v) is 2.63. The summed E-state index contributed by atoms with van der Waals surface area (Å²) in [5.74, 6) is -5.15. The average molecular weight is 323 g/mol. The van der Waals surface area contributed by atoms with Crippen molar-refractivity contribution in [2.45, 2.75) is 18.6 Å². The van der Waals surface area contributed by atoms with E-state index in [0.717, 1.165) is 12.3 Å². The molecular formula is C12H12F3NO6. The number of halogens is 3. The number of alkyl halides is 3. The van der Waals surface area contributed by atoms with Gasteiger partial charge in [0.05, 0.1) is 26.2 Å². The van der Waals surface area contributed by atoms with Crippen molar-refractivity contribution < 1.29 is 41.4 Å². The summed E-state index contributed by atoms with van der Waals surface area (Å²) in [6, 6.07) is 0.815. The number of furan rings is 1. The lowest BCUT2D eigenvalue weighted by Gasteiger charge is -2.32. The molecule has 0 aromatic carbocycles. The minimum absolute atomic E-state index is 0.227. The first-order chi connectivity index (χ1) is 10.2. The normalized spacial score (nSPS) is 13.9. The Hall–Kier alpha value is -2.52. The van der Waals surface area contributed by atoms with Crippen LogP contribution in [-0.2, 0) is 29.4 Å². The number of methoxy groups -OCH3 is 1. The summed E-state index contributed by atoms with van der Waals surface area (Å²) in [5.41, 5.74) is -4.33. The first-order valence-corrected chi connectivity index (χ1v) is 5.87. The van der Waals surface area contributed by atoms with Crippen molar-refractivity contribution in [3.05, 3.63) is 24.2 Å². The molecule has 1 unspecified atom stereocenters. The zero-order valence-corrected chi connectivity index (χ0v) is 11.5. The van der Waals surface area contributed by atoms with Crippen molar-refractivity contribution in [1.82, 2.24) is 5.32 Å². The van der Waals surface area contributed by atoms with E-state index in [1.165, 1.54) is 12.2 Å². The molecule has 0 aliphatic carbocycles. The van der Waals surface area contributed by atoms with E-state index in [1.807, 2.05) is 0 Å². The molecule has 0 aliphatic rings. The van der Waals surface area contributed by atoms with E-state index < -0.39 is 35.1 Å². The molecule has 0 saturated heterocycles. The number of hydrogen-bond donors (Lipinski definition) is 1. The summed E-state index contributed by atoms with van der Waals surface area (Å²) >= 11 is 0. The highest BCUT2D eigenvalue weighted by Gasteiger charge is 2.65. The van der Waals surface area contributed by atoms with E-state index in [-0.39, 0.29) is 6.61 Å².